The van der Waals surface area contributed by atoms with Crippen molar-refractivity contribution in [1.29, 1.82) is 0 Å². The molecule has 0 saturated carbocycles. The van der Waals surface area contributed by atoms with Gasteiger partial charge in [-0.05, 0) is 50.0 Å². The number of fused-ring (bicyclic) bond motifs is 1. The highest BCUT2D eigenvalue weighted by atomic mass is 127. The SMILES string of the molecule is CCNC(=NCCc1ccc2c(c1)CCO2)N1CCC(N(CC)CC)C1.I. The predicted molar refractivity (Wildman–Crippen MR) is 124 cm³/mol. The number of aliphatic imine (C=N–C) groups is 1. The largest absolute Gasteiger partial charge is 0.493 e. The van der Waals surface area contributed by atoms with Crippen LogP contribution < -0.4 is 10.1 Å². The summed E-state index contributed by atoms with van der Waals surface area (Å²) in [6.07, 6.45) is 3.25. The summed E-state index contributed by atoms with van der Waals surface area (Å²) >= 11 is 0. The molecule has 1 aromatic rings. The third-order valence-electron chi connectivity index (χ3n) is 5.54. The monoisotopic (exact) mass is 486 g/mol. The van der Waals surface area contributed by atoms with Crippen molar-refractivity contribution in [3.05, 3.63) is 29.3 Å². The molecule has 2 aliphatic rings. The first-order valence-corrected chi connectivity index (χ1v) is 10.3. The van der Waals surface area contributed by atoms with Crippen LogP contribution in [0.15, 0.2) is 23.2 Å². The van der Waals surface area contributed by atoms with E-state index in [4.69, 9.17) is 9.73 Å². The average molecular weight is 486 g/mol. The molecular formula is C21H35IN4O. The highest BCUT2D eigenvalue weighted by Gasteiger charge is 2.27. The van der Waals surface area contributed by atoms with Gasteiger partial charge in [-0.15, -0.1) is 24.0 Å². The number of likely N-dealkylation sites (tertiary alicyclic amines) is 1. The van der Waals surface area contributed by atoms with Crippen molar-refractivity contribution in [2.24, 2.45) is 4.99 Å². The molecule has 0 bridgehead atoms. The van der Waals surface area contributed by atoms with Crippen LogP contribution in [0, 0.1) is 0 Å². The maximum absolute atomic E-state index is 5.60. The smallest absolute Gasteiger partial charge is 0.193 e. The molecule has 0 radical (unpaired) electrons. The van der Waals surface area contributed by atoms with Crippen molar-refractivity contribution >= 4 is 29.9 Å². The molecule has 1 saturated heterocycles. The molecule has 27 heavy (non-hydrogen) atoms. The summed E-state index contributed by atoms with van der Waals surface area (Å²) in [5.41, 5.74) is 2.70. The van der Waals surface area contributed by atoms with Gasteiger partial charge in [-0.2, -0.15) is 0 Å². The minimum absolute atomic E-state index is 0. The van der Waals surface area contributed by atoms with Crippen LogP contribution in [0.3, 0.4) is 0 Å². The number of guanidine groups is 1. The second-order valence-corrected chi connectivity index (χ2v) is 7.14. The van der Waals surface area contributed by atoms with Gasteiger partial charge in [0.2, 0.25) is 0 Å². The first-order chi connectivity index (χ1) is 12.7. The molecule has 5 nitrogen and oxygen atoms in total. The number of halogens is 1. The molecule has 1 unspecified atom stereocenters. The van der Waals surface area contributed by atoms with Gasteiger partial charge in [0.1, 0.15) is 5.75 Å². The molecule has 3 rings (SSSR count). The number of ether oxygens (including phenoxy) is 1. The predicted octanol–water partition coefficient (Wildman–Crippen LogP) is 3.16. The van der Waals surface area contributed by atoms with Crippen molar-refractivity contribution in [3.8, 4) is 5.75 Å². The fourth-order valence-electron chi connectivity index (χ4n) is 4.08. The summed E-state index contributed by atoms with van der Waals surface area (Å²) in [7, 11) is 0. The van der Waals surface area contributed by atoms with Gasteiger partial charge in [-0.1, -0.05) is 26.0 Å². The lowest BCUT2D eigenvalue weighted by Crippen LogP contribution is -2.43. The van der Waals surface area contributed by atoms with Gasteiger partial charge < -0.3 is 15.0 Å². The third-order valence-corrected chi connectivity index (χ3v) is 5.54. The Kier molecular flexibility index (Phi) is 9.15. The Labute approximate surface area is 181 Å². The summed E-state index contributed by atoms with van der Waals surface area (Å²) in [5, 5.41) is 3.49. The molecule has 0 spiro atoms. The van der Waals surface area contributed by atoms with Crippen LogP contribution in [0.1, 0.15) is 38.3 Å². The van der Waals surface area contributed by atoms with Gasteiger partial charge >= 0.3 is 0 Å². The summed E-state index contributed by atoms with van der Waals surface area (Å²) in [4.78, 5) is 9.91. The minimum atomic E-state index is 0. The van der Waals surface area contributed by atoms with Crippen LogP contribution >= 0.6 is 24.0 Å². The van der Waals surface area contributed by atoms with E-state index in [-0.39, 0.29) is 24.0 Å². The maximum Gasteiger partial charge on any atom is 0.193 e. The number of hydrogen-bond acceptors (Lipinski definition) is 3. The minimum Gasteiger partial charge on any atom is -0.493 e. The van der Waals surface area contributed by atoms with Crippen LogP contribution in [-0.2, 0) is 12.8 Å². The van der Waals surface area contributed by atoms with Crippen molar-refractivity contribution in [2.45, 2.75) is 46.1 Å². The number of likely N-dealkylation sites (N-methyl/N-ethyl adjacent to an activating group) is 1. The van der Waals surface area contributed by atoms with E-state index in [0.29, 0.717) is 6.04 Å². The fraction of sp³-hybridized carbons (Fsp3) is 0.667. The fourth-order valence-corrected chi connectivity index (χ4v) is 4.08. The van der Waals surface area contributed by atoms with Crippen LogP contribution in [0.5, 0.6) is 5.75 Å². The summed E-state index contributed by atoms with van der Waals surface area (Å²) in [6, 6.07) is 7.24. The zero-order valence-corrected chi connectivity index (χ0v) is 19.4. The van der Waals surface area contributed by atoms with E-state index in [9.17, 15) is 0 Å². The molecule has 1 atom stereocenters. The summed E-state index contributed by atoms with van der Waals surface area (Å²) in [5.74, 6) is 2.14. The molecule has 1 N–H and O–H groups in total. The molecule has 2 heterocycles. The maximum atomic E-state index is 5.60. The van der Waals surface area contributed by atoms with Crippen molar-refractivity contribution in [3.63, 3.8) is 0 Å². The van der Waals surface area contributed by atoms with E-state index in [1.165, 1.54) is 17.5 Å². The van der Waals surface area contributed by atoms with Crippen LogP contribution in [-0.4, -0.2) is 67.7 Å². The van der Waals surface area contributed by atoms with E-state index in [0.717, 1.165) is 70.4 Å². The highest BCUT2D eigenvalue weighted by molar-refractivity contribution is 14.0. The van der Waals surface area contributed by atoms with Gasteiger partial charge in [0.25, 0.3) is 0 Å². The second kappa shape index (κ2) is 11.1. The van der Waals surface area contributed by atoms with Gasteiger partial charge in [0, 0.05) is 38.6 Å². The number of benzene rings is 1. The lowest BCUT2D eigenvalue weighted by Gasteiger charge is -2.27. The molecule has 152 valence electrons. The Morgan fingerprint density at radius 1 is 1.30 bits per heavy atom. The number of hydrogen-bond donors (Lipinski definition) is 1. The first kappa shape index (κ1) is 22.3. The quantitative estimate of drug-likeness (QED) is 0.365. The van der Waals surface area contributed by atoms with Crippen molar-refractivity contribution in [1.82, 2.24) is 15.1 Å². The van der Waals surface area contributed by atoms with Gasteiger partial charge in [-0.3, -0.25) is 9.89 Å². The second-order valence-electron chi connectivity index (χ2n) is 7.14. The molecule has 1 aromatic carbocycles. The van der Waals surface area contributed by atoms with Crippen LogP contribution in [0.25, 0.3) is 0 Å². The molecule has 0 aliphatic carbocycles. The molecule has 2 aliphatic heterocycles. The van der Waals surface area contributed by atoms with Gasteiger partial charge in [0.15, 0.2) is 5.96 Å². The number of nitrogens with one attached hydrogen (secondary N) is 1. The zero-order chi connectivity index (χ0) is 18.4. The zero-order valence-electron chi connectivity index (χ0n) is 17.0. The van der Waals surface area contributed by atoms with E-state index >= 15 is 0 Å². The molecule has 6 heteroatoms. The molecule has 1 fully saturated rings. The van der Waals surface area contributed by atoms with Crippen molar-refractivity contribution in [2.75, 3.05) is 45.9 Å². The van der Waals surface area contributed by atoms with E-state index in [2.05, 4.69) is 54.1 Å². The highest BCUT2D eigenvalue weighted by Crippen LogP contribution is 2.26. The van der Waals surface area contributed by atoms with Crippen molar-refractivity contribution < 1.29 is 4.74 Å². The Balaban J connectivity index is 0.00000261. The number of rotatable bonds is 7. The first-order valence-electron chi connectivity index (χ1n) is 10.3. The van der Waals surface area contributed by atoms with Crippen LogP contribution in [0.4, 0.5) is 0 Å². The van der Waals surface area contributed by atoms with Crippen LogP contribution in [0.2, 0.25) is 0 Å². The molecular weight excluding hydrogens is 451 g/mol. The Bertz CT molecular complexity index is 618. The normalized spacial score (nSPS) is 19.0. The molecule has 0 amide bonds. The third kappa shape index (κ3) is 5.73. The van der Waals surface area contributed by atoms with Gasteiger partial charge in [-0.25, -0.2) is 0 Å². The van der Waals surface area contributed by atoms with Gasteiger partial charge in [0.05, 0.1) is 6.61 Å². The lowest BCUT2D eigenvalue weighted by atomic mass is 10.1. The number of nitrogens with zero attached hydrogens (tertiary/aromatic N) is 3. The molecule has 0 aromatic heterocycles. The Hall–Kier alpha value is -1.02. The Morgan fingerprint density at radius 3 is 2.85 bits per heavy atom. The summed E-state index contributed by atoms with van der Waals surface area (Å²) in [6.45, 7) is 13.7. The van der Waals surface area contributed by atoms with E-state index in [1.807, 2.05) is 0 Å². The topological polar surface area (TPSA) is 40.1 Å². The Morgan fingerprint density at radius 2 is 2.11 bits per heavy atom. The lowest BCUT2D eigenvalue weighted by molar-refractivity contribution is 0.223. The summed E-state index contributed by atoms with van der Waals surface area (Å²) < 4.78 is 5.60. The standard InChI is InChI=1S/C21H34N4O.HI/c1-4-22-21(25-13-10-19(16-25)24(5-2)6-3)23-12-9-17-7-8-20-18(15-17)11-14-26-20;/h7-8,15,19H,4-6,9-14,16H2,1-3H3,(H,22,23);1H. The van der Waals surface area contributed by atoms with E-state index < -0.39 is 0 Å². The van der Waals surface area contributed by atoms with E-state index in [1.54, 1.807) is 0 Å². The average Bonchev–Trinajstić information content (AvgIpc) is 3.31.